The van der Waals surface area contributed by atoms with Gasteiger partial charge in [-0.05, 0) is 50.6 Å². The van der Waals surface area contributed by atoms with Gasteiger partial charge in [-0.2, -0.15) is 5.10 Å². The molecular weight excluding hydrogens is 460 g/mol. The summed E-state index contributed by atoms with van der Waals surface area (Å²) in [5.74, 6) is -0.186. The maximum atomic E-state index is 13.5. The molecule has 10 heteroatoms. The number of fused-ring (bicyclic) bond motifs is 1. The molecule has 2 aromatic heterocycles. The summed E-state index contributed by atoms with van der Waals surface area (Å²) in [4.78, 5) is 40.6. The summed E-state index contributed by atoms with van der Waals surface area (Å²) in [6, 6.07) is 12.1. The molecule has 0 bridgehead atoms. The van der Waals surface area contributed by atoms with Gasteiger partial charge in [-0.1, -0.05) is 23.7 Å². The van der Waals surface area contributed by atoms with Crippen LogP contribution < -0.4 is 5.32 Å². The van der Waals surface area contributed by atoms with Crippen LogP contribution in [0.2, 0.25) is 5.02 Å². The number of carbonyl (C=O) groups excluding carboxylic acids is 3. The number of furan rings is 1. The van der Waals surface area contributed by atoms with Crippen LogP contribution in [0.3, 0.4) is 0 Å². The Morgan fingerprint density at radius 3 is 2.62 bits per heavy atom. The number of aryl methyl sites for hydroxylation is 1. The SMILES string of the molecule is CCOC(=O)c1cc2n(n1)C[C@](C)(C(=O)NCc1ccc(Cl)cc1)N(Cc1ccc(C)o1)C2=O. The van der Waals surface area contributed by atoms with Gasteiger partial charge in [0.1, 0.15) is 22.8 Å². The third-order valence-corrected chi connectivity index (χ3v) is 6.00. The van der Waals surface area contributed by atoms with E-state index in [1.807, 2.05) is 12.1 Å². The van der Waals surface area contributed by atoms with Crippen molar-refractivity contribution in [3.63, 3.8) is 0 Å². The Balaban J connectivity index is 1.65. The van der Waals surface area contributed by atoms with Crippen LogP contribution in [-0.4, -0.2) is 44.6 Å². The molecule has 34 heavy (non-hydrogen) atoms. The van der Waals surface area contributed by atoms with E-state index in [1.54, 1.807) is 45.0 Å². The van der Waals surface area contributed by atoms with Gasteiger partial charge < -0.3 is 19.4 Å². The second-order valence-electron chi connectivity index (χ2n) is 8.28. The lowest BCUT2D eigenvalue weighted by Crippen LogP contribution is -2.63. The zero-order valence-electron chi connectivity index (χ0n) is 19.1. The summed E-state index contributed by atoms with van der Waals surface area (Å²) < 4.78 is 12.1. The predicted octanol–water partition coefficient (Wildman–Crippen LogP) is 3.35. The number of esters is 1. The lowest BCUT2D eigenvalue weighted by atomic mass is 9.94. The Labute approximate surface area is 201 Å². The quantitative estimate of drug-likeness (QED) is 0.515. The first-order valence-electron chi connectivity index (χ1n) is 10.9. The van der Waals surface area contributed by atoms with Crippen molar-refractivity contribution < 1.29 is 23.5 Å². The molecule has 178 valence electrons. The highest BCUT2D eigenvalue weighted by Crippen LogP contribution is 2.30. The third-order valence-electron chi connectivity index (χ3n) is 5.75. The Bertz CT molecular complexity index is 1230. The molecule has 1 atom stereocenters. The molecule has 1 aliphatic rings. The van der Waals surface area contributed by atoms with E-state index < -0.39 is 17.4 Å². The van der Waals surface area contributed by atoms with Gasteiger partial charge in [-0.3, -0.25) is 14.3 Å². The summed E-state index contributed by atoms with van der Waals surface area (Å²) in [7, 11) is 0. The van der Waals surface area contributed by atoms with Crippen LogP contribution in [0, 0.1) is 6.92 Å². The van der Waals surface area contributed by atoms with Crippen LogP contribution in [0.15, 0.2) is 46.9 Å². The summed E-state index contributed by atoms with van der Waals surface area (Å²) in [6.07, 6.45) is 0. The van der Waals surface area contributed by atoms with Crippen molar-refractivity contribution in [3.8, 4) is 0 Å². The van der Waals surface area contributed by atoms with Crippen LogP contribution in [-0.2, 0) is 29.2 Å². The summed E-state index contributed by atoms with van der Waals surface area (Å²) in [5.41, 5.74) is -0.213. The largest absolute Gasteiger partial charge is 0.464 e. The highest BCUT2D eigenvalue weighted by atomic mass is 35.5. The van der Waals surface area contributed by atoms with Gasteiger partial charge in [-0.25, -0.2) is 4.79 Å². The number of rotatable bonds is 7. The molecule has 3 aromatic rings. The van der Waals surface area contributed by atoms with Gasteiger partial charge in [0.25, 0.3) is 5.91 Å². The number of hydrogen-bond acceptors (Lipinski definition) is 6. The number of benzene rings is 1. The van der Waals surface area contributed by atoms with Crippen molar-refractivity contribution in [2.45, 2.75) is 45.9 Å². The van der Waals surface area contributed by atoms with Gasteiger partial charge in [0.2, 0.25) is 5.91 Å². The van der Waals surface area contributed by atoms with Crippen LogP contribution in [0.25, 0.3) is 0 Å². The zero-order valence-corrected chi connectivity index (χ0v) is 19.9. The van der Waals surface area contributed by atoms with Gasteiger partial charge >= 0.3 is 5.97 Å². The Morgan fingerprint density at radius 1 is 1.24 bits per heavy atom. The topological polar surface area (TPSA) is 107 Å². The Hall–Kier alpha value is -3.59. The molecule has 0 unspecified atom stereocenters. The number of aromatic nitrogens is 2. The molecule has 0 aliphatic carbocycles. The Morgan fingerprint density at radius 2 is 1.97 bits per heavy atom. The molecule has 0 fully saturated rings. The maximum absolute atomic E-state index is 13.5. The van der Waals surface area contributed by atoms with Gasteiger partial charge in [-0.15, -0.1) is 0 Å². The number of amides is 2. The van der Waals surface area contributed by atoms with Crippen molar-refractivity contribution in [2.75, 3.05) is 6.61 Å². The minimum Gasteiger partial charge on any atom is -0.464 e. The average Bonchev–Trinajstić information content (AvgIpc) is 3.42. The monoisotopic (exact) mass is 484 g/mol. The van der Waals surface area contributed by atoms with E-state index in [-0.39, 0.29) is 43.5 Å². The first-order valence-corrected chi connectivity index (χ1v) is 11.2. The molecule has 0 saturated carbocycles. The van der Waals surface area contributed by atoms with Crippen LogP contribution >= 0.6 is 11.6 Å². The van der Waals surface area contributed by atoms with E-state index in [0.29, 0.717) is 16.5 Å². The maximum Gasteiger partial charge on any atom is 0.358 e. The van der Waals surface area contributed by atoms with Crippen molar-refractivity contribution in [1.82, 2.24) is 20.0 Å². The van der Waals surface area contributed by atoms with E-state index >= 15 is 0 Å². The normalized spacial score (nSPS) is 17.4. The smallest absolute Gasteiger partial charge is 0.358 e. The summed E-state index contributed by atoms with van der Waals surface area (Å²) >= 11 is 5.94. The fourth-order valence-electron chi connectivity index (χ4n) is 3.90. The van der Waals surface area contributed by atoms with Crippen molar-refractivity contribution in [1.29, 1.82) is 0 Å². The van der Waals surface area contributed by atoms with Crippen molar-refractivity contribution in [2.24, 2.45) is 0 Å². The minimum atomic E-state index is -1.30. The first-order chi connectivity index (χ1) is 16.2. The van der Waals surface area contributed by atoms with Crippen molar-refractivity contribution >= 4 is 29.4 Å². The molecule has 1 aliphatic heterocycles. The number of hydrogen-bond donors (Lipinski definition) is 1. The van der Waals surface area contributed by atoms with Crippen molar-refractivity contribution in [3.05, 3.63) is 76.0 Å². The number of halogens is 1. The second-order valence-corrected chi connectivity index (χ2v) is 8.72. The van der Waals surface area contributed by atoms with E-state index in [1.165, 1.54) is 15.6 Å². The molecule has 2 amide bonds. The summed E-state index contributed by atoms with van der Waals surface area (Å²) in [5, 5.41) is 7.76. The van der Waals surface area contributed by atoms with Crippen LogP contribution in [0.5, 0.6) is 0 Å². The van der Waals surface area contributed by atoms with Gasteiger partial charge in [0.15, 0.2) is 5.69 Å². The number of carbonyl (C=O) groups is 3. The molecule has 0 saturated heterocycles. The summed E-state index contributed by atoms with van der Waals surface area (Å²) in [6.45, 7) is 5.75. The molecule has 4 rings (SSSR count). The number of nitrogens with one attached hydrogen (secondary N) is 1. The fourth-order valence-corrected chi connectivity index (χ4v) is 4.02. The molecule has 3 heterocycles. The number of nitrogens with zero attached hydrogens (tertiary/aromatic N) is 3. The highest BCUT2D eigenvalue weighted by molar-refractivity contribution is 6.30. The molecule has 0 radical (unpaired) electrons. The fraction of sp³-hybridized carbons (Fsp3) is 0.333. The first kappa shape index (κ1) is 23.6. The van der Waals surface area contributed by atoms with Gasteiger partial charge in [0.05, 0.1) is 19.7 Å². The number of ether oxygens (including phenoxy) is 1. The van der Waals surface area contributed by atoms with Crippen LogP contribution in [0.4, 0.5) is 0 Å². The lowest BCUT2D eigenvalue weighted by molar-refractivity contribution is -0.133. The van der Waals surface area contributed by atoms with Gasteiger partial charge in [0, 0.05) is 17.6 Å². The zero-order chi connectivity index (χ0) is 24.5. The standard InChI is InChI=1S/C24H25ClN4O5/c1-4-33-22(31)19-11-20-21(30)28(13-18-10-5-15(2)34-18)24(3,14-29(20)27-19)23(32)26-12-16-6-8-17(25)9-7-16/h5-11H,4,12-14H2,1-3H3,(H,26,32)/t24-/m1/s1. The molecule has 1 aromatic carbocycles. The predicted molar refractivity (Wildman–Crippen MR) is 123 cm³/mol. The minimum absolute atomic E-state index is 0.0183. The molecule has 0 spiro atoms. The Kier molecular flexibility index (Phi) is 6.47. The van der Waals surface area contributed by atoms with Crippen LogP contribution in [0.1, 0.15) is 51.9 Å². The van der Waals surface area contributed by atoms with E-state index in [9.17, 15) is 14.4 Å². The second kappa shape index (κ2) is 9.34. The lowest BCUT2D eigenvalue weighted by Gasteiger charge is -2.42. The third kappa shape index (κ3) is 4.56. The van der Waals surface area contributed by atoms with E-state index in [0.717, 1.165) is 5.56 Å². The average molecular weight is 485 g/mol. The molecule has 1 N–H and O–H groups in total. The highest BCUT2D eigenvalue weighted by Gasteiger charge is 2.48. The van der Waals surface area contributed by atoms with E-state index in [2.05, 4.69) is 10.4 Å². The van der Waals surface area contributed by atoms with E-state index in [4.69, 9.17) is 20.8 Å². The molecular formula is C24H25ClN4O5. The molecule has 9 nitrogen and oxygen atoms in total.